The molecular formula is C6H8BrN3. The summed E-state index contributed by atoms with van der Waals surface area (Å²) in [6.45, 7) is 1.94. The Hall–Kier alpha value is -0.610. The number of hydrogen-bond acceptors (Lipinski definition) is 3. The largest absolute Gasteiger partial charge is 0.324 e. The van der Waals surface area contributed by atoms with Crippen molar-refractivity contribution in [3.05, 3.63) is 22.4 Å². The fourth-order valence-electron chi connectivity index (χ4n) is 0.654. The van der Waals surface area contributed by atoms with Gasteiger partial charge in [-0.05, 0) is 34.5 Å². The molecule has 1 aromatic heterocycles. The topological polar surface area (TPSA) is 50.9 Å². The zero-order valence-electron chi connectivity index (χ0n) is 5.56. The van der Waals surface area contributed by atoms with Crippen LogP contribution in [0.25, 0.3) is 0 Å². The van der Waals surface area contributed by atoms with E-state index in [9.17, 15) is 0 Å². The summed E-state index contributed by atoms with van der Waals surface area (Å²) < 4.78 is 0.783. The molecule has 1 aromatic rings. The van der Waals surface area contributed by atoms with E-state index >= 15 is 0 Å². The summed E-state index contributed by atoms with van der Waals surface area (Å²) in [6, 6.07) is 1.83. The van der Waals surface area contributed by atoms with Crippen LogP contribution >= 0.6 is 15.9 Å². The standard InChI is InChI=1S/C6H8BrN3/c1-4-3-9-6(7)2-5(4)10-8/h2-3H,8H2,1H3,(H,9,10). The Kier molecular flexibility index (Phi) is 2.24. The first-order valence-electron chi connectivity index (χ1n) is 2.83. The molecule has 0 aliphatic carbocycles. The number of aryl methyl sites for hydroxylation is 1. The first-order valence-corrected chi connectivity index (χ1v) is 3.62. The smallest absolute Gasteiger partial charge is 0.108 e. The highest BCUT2D eigenvalue weighted by molar-refractivity contribution is 9.10. The van der Waals surface area contributed by atoms with Crippen molar-refractivity contribution in [3.8, 4) is 0 Å². The van der Waals surface area contributed by atoms with E-state index in [1.54, 1.807) is 6.20 Å². The zero-order chi connectivity index (χ0) is 7.56. The van der Waals surface area contributed by atoms with Gasteiger partial charge in [-0.3, -0.25) is 5.84 Å². The van der Waals surface area contributed by atoms with Gasteiger partial charge in [0.2, 0.25) is 0 Å². The van der Waals surface area contributed by atoms with Crippen LogP contribution in [0.3, 0.4) is 0 Å². The highest BCUT2D eigenvalue weighted by Crippen LogP contribution is 2.16. The van der Waals surface area contributed by atoms with E-state index in [1.165, 1.54) is 0 Å². The second-order valence-electron chi connectivity index (χ2n) is 1.97. The van der Waals surface area contributed by atoms with E-state index < -0.39 is 0 Å². The van der Waals surface area contributed by atoms with Crippen LogP contribution in [-0.2, 0) is 0 Å². The average molecular weight is 202 g/mol. The van der Waals surface area contributed by atoms with Crippen molar-refractivity contribution < 1.29 is 0 Å². The van der Waals surface area contributed by atoms with Gasteiger partial charge in [0.1, 0.15) is 4.60 Å². The summed E-state index contributed by atoms with van der Waals surface area (Å²) >= 11 is 3.23. The molecule has 0 aliphatic rings. The monoisotopic (exact) mass is 201 g/mol. The van der Waals surface area contributed by atoms with Gasteiger partial charge in [-0.15, -0.1) is 0 Å². The van der Waals surface area contributed by atoms with E-state index in [2.05, 4.69) is 26.3 Å². The van der Waals surface area contributed by atoms with Crippen LogP contribution in [0.1, 0.15) is 5.56 Å². The molecule has 0 spiro atoms. The number of nitrogens with zero attached hydrogens (tertiary/aromatic N) is 1. The SMILES string of the molecule is Cc1cnc(Br)cc1NN. The van der Waals surface area contributed by atoms with Gasteiger partial charge in [-0.2, -0.15) is 0 Å². The molecule has 1 heterocycles. The molecule has 0 atom stereocenters. The minimum Gasteiger partial charge on any atom is -0.324 e. The van der Waals surface area contributed by atoms with Gasteiger partial charge in [-0.25, -0.2) is 4.98 Å². The molecule has 0 aromatic carbocycles. The molecule has 3 N–H and O–H groups in total. The molecule has 0 aliphatic heterocycles. The van der Waals surface area contributed by atoms with Crippen molar-refractivity contribution in [1.82, 2.24) is 4.98 Å². The molecular weight excluding hydrogens is 194 g/mol. The number of nitrogens with one attached hydrogen (secondary N) is 1. The molecule has 3 nitrogen and oxygen atoms in total. The number of aromatic nitrogens is 1. The van der Waals surface area contributed by atoms with E-state index in [0.717, 1.165) is 15.9 Å². The van der Waals surface area contributed by atoms with E-state index in [4.69, 9.17) is 5.84 Å². The Morgan fingerprint density at radius 1 is 1.70 bits per heavy atom. The average Bonchev–Trinajstić information content (AvgIpc) is 1.94. The summed E-state index contributed by atoms with van der Waals surface area (Å²) in [7, 11) is 0. The summed E-state index contributed by atoms with van der Waals surface area (Å²) in [5.74, 6) is 5.22. The molecule has 0 amide bonds. The van der Waals surface area contributed by atoms with Gasteiger partial charge in [-0.1, -0.05) is 0 Å². The quantitative estimate of drug-likeness (QED) is 0.411. The number of pyridine rings is 1. The van der Waals surface area contributed by atoms with E-state index in [-0.39, 0.29) is 0 Å². The minimum atomic E-state index is 0.783. The normalized spacial score (nSPS) is 9.50. The number of nitrogens with two attached hydrogens (primary N) is 1. The lowest BCUT2D eigenvalue weighted by Crippen LogP contribution is -2.08. The van der Waals surface area contributed by atoms with Gasteiger partial charge < -0.3 is 5.43 Å². The van der Waals surface area contributed by atoms with Crippen LogP contribution in [0.4, 0.5) is 5.69 Å². The molecule has 0 unspecified atom stereocenters. The van der Waals surface area contributed by atoms with Crippen molar-refractivity contribution in [2.75, 3.05) is 5.43 Å². The zero-order valence-corrected chi connectivity index (χ0v) is 7.14. The maximum absolute atomic E-state index is 5.22. The predicted molar refractivity (Wildman–Crippen MR) is 44.5 cm³/mol. The number of hydrazine groups is 1. The fraction of sp³-hybridized carbons (Fsp3) is 0.167. The Balaban J connectivity index is 3.09. The molecule has 1 rings (SSSR count). The summed E-state index contributed by atoms with van der Waals surface area (Å²) in [5.41, 5.74) is 4.49. The first kappa shape index (κ1) is 7.50. The maximum atomic E-state index is 5.22. The Labute approximate surface area is 67.7 Å². The predicted octanol–water partition coefficient (Wildman–Crippen LogP) is 1.44. The van der Waals surface area contributed by atoms with Crippen LogP contribution in [0.5, 0.6) is 0 Å². The van der Waals surface area contributed by atoms with Gasteiger partial charge in [0.15, 0.2) is 0 Å². The maximum Gasteiger partial charge on any atom is 0.108 e. The van der Waals surface area contributed by atoms with Crippen molar-refractivity contribution in [1.29, 1.82) is 0 Å². The van der Waals surface area contributed by atoms with Gasteiger partial charge >= 0.3 is 0 Å². The van der Waals surface area contributed by atoms with Crippen molar-refractivity contribution in [2.45, 2.75) is 6.92 Å². The van der Waals surface area contributed by atoms with Crippen LogP contribution in [0.15, 0.2) is 16.9 Å². The third-order valence-corrected chi connectivity index (χ3v) is 1.66. The lowest BCUT2D eigenvalue weighted by Gasteiger charge is -2.02. The molecule has 54 valence electrons. The Morgan fingerprint density at radius 3 is 2.90 bits per heavy atom. The molecule has 0 bridgehead atoms. The number of hydrogen-bond donors (Lipinski definition) is 2. The second-order valence-corrected chi connectivity index (χ2v) is 2.78. The van der Waals surface area contributed by atoms with Gasteiger partial charge in [0.25, 0.3) is 0 Å². The number of anilines is 1. The molecule has 10 heavy (non-hydrogen) atoms. The fourth-order valence-corrected chi connectivity index (χ4v) is 0.985. The van der Waals surface area contributed by atoms with E-state index in [0.29, 0.717) is 0 Å². The Bertz CT molecular complexity index is 236. The first-order chi connectivity index (χ1) is 4.74. The number of rotatable bonds is 1. The summed E-state index contributed by atoms with van der Waals surface area (Å²) in [4.78, 5) is 4.01. The molecule has 0 saturated carbocycles. The lowest BCUT2D eigenvalue weighted by atomic mass is 10.3. The third kappa shape index (κ3) is 1.46. The third-order valence-electron chi connectivity index (χ3n) is 1.23. The summed E-state index contributed by atoms with van der Waals surface area (Å²) in [5, 5.41) is 0. The van der Waals surface area contributed by atoms with Crippen LogP contribution < -0.4 is 11.3 Å². The van der Waals surface area contributed by atoms with Crippen LogP contribution in [0, 0.1) is 6.92 Å². The van der Waals surface area contributed by atoms with Gasteiger partial charge in [0.05, 0.1) is 5.69 Å². The summed E-state index contributed by atoms with van der Waals surface area (Å²) in [6.07, 6.45) is 1.75. The lowest BCUT2D eigenvalue weighted by molar-refractivity contribution is 1.20. The highest BCUT2D eigenvalue weighted by atomic mass is 79.9. The Morgan fingerprint density at radius 2 is 2.40 bits per heavy atom. The van der Waals surface area contributed by atoms with Crippen molar-refractivity contribution in [2.24, 2.45) is 5.84 Å². The highest BCUT2D eigenvalue weighted by Gasteiger charge is 1.95. The molecule has 4 heteroatoms. The van der Waals surface area contributed by atoms with E-state index in [1.807, 2.05) is 13.0 Å². The van der Waals surface area contributed by atoms with Crippen LogP contribution in [0.2, 0.25) is 0 Å². The number of halogens is 1. The second kappa shape index (κ2) is 2.98. The molecule has 0 saturated heterocycles. The van der Waals surface area contributed by atoms with Crippen molar-refractivity contribution in [3.63, 3.8) is 0 Å². The molecule has 0 radical (unpaired) electrons. The van der Waals surface area contributed by atoms with Gasteiger partial charge in [0, 0.05) is 6.20 Å². The molecule has 0 fully saturated rings. The van der Waals surface area contributed by atoms with Crippen LogP contribution in [-0.4, -0.2) is 4.98 Å². The minimum absolute atomic E-state index is 0.783. The van der Waals surface area contributed by atoms with Crippen molar-refractivity contribution >= 4 is 21.6 Å². The number of nitrogen functional groups attached to an aromatic ring is 1.